The molecule has 1 aromatic carbocycles. The number of phenolic OH excluding ortho intramolecular Hbond substituents is 1. The quantitative estimate of drug-likeness (QED) is 0.735. The van der Waals surface area contributed by atoms with Crippen LogP contribution < -0.4 is 0 Å². The molecule has 0 radical (unpaired) electrons. The highest BCUT2D eigenvalue weighted by Crippen LogP contribution is 2.38. The first-order valence-electron chi connectivity index (χ1n) is 8.73. The summed E-state index contributed by atoms with van der Waals surface area (Å²) in [6.07, 6.45) is 7.35. The van der Waals surface area contributed by atoms with Crippen molar-refractivity contribution in [3.05, 3.63) is 29.3 Å². The Balaban J connectivity index is 2.12. The zero-order chi connectivity index (χ0) is 15.2. The largest absolute Gasteiger partial charge is 0.508 e. The lowest BCUT2D eigenvalue weighted by molar-refractivity contribution is 0.155. The predicted octanol–water partition coefficient (Wildman–Crippen LogP) is 4.71. The molecule has 2 atom stereocenters. The molecule has 0 amide bonds. The highest BCUT2D eigenvalue weighted by Gasteiger charge is 2.31. The van der Waals surface area contributed by atoms with Crippen molar-refractivity contribution in [2.75, 3.05) is 13.1 Å². The number of hydrogen-bond donors (Lipinski definition) is 1. The number of rotatable bonds is 7. The van der Waals surface area contributed by atoms with Crippen molar-refractivity contribution in [1.82, 2.24) is 4.90 Å². The minimum absolute atomic E-state index is 0.492. The number of unbranched alkanes of at least 4 members (excludes halogenated alkanes) is 2. The Morgan fingerprint density at radius 2 is 1.95 bits per heavy atom. The molecule has 2 heteroatoms. The summed E-state index contributed by atoms with van der Waals surface area (Å²) in [5, 5.41) is 10.1. The van der Waals surface area contributed by atoms with Crippen molar-refractivity contribution in [2.45, 2.75) is 71.3 Å². The summed E-state index contributed by atoms with van der Waals surface area (Å²) in [4.78, 5) is 2.70. The van der Waals surface area contributed by atoms with E-state index >= 15 is 0 Å². The summed E-state index contributed by atoms with van der Waals surface area (Å²) in [5.41, 5.74) is 2.55. The molecule has 1 aromatic rings. The van der Waals surface area contributed by atoms with Crippen LogP contribution >= 0.6 is 0 Å². The van der Waals surface area contributed by atoms with Gasteiger partial charge in [-0.3, -0.25) is 4.90 Å². The van der Waals surface area contributed by atoms with Gasteiger partial charge in [-0.25, -0.2) is 0 Å². The standard InChI is InChI=1S/C19H31NO/c1-4-6-7-14-20(13-5-2)18-12-11-17-16(15(18)3)9-8-10-19(17)21/h8-10,15,18,21H,4-7,11-14H2,1-3H3. The van der Waals surface area contributed by atoms with Crippen LogP contribution in [-0.2, 0) is 6.42 Å². The average molecular weight is 289 g/mol. The van der Waals surface area contributed by atoms with Crippen LogP contribution in [0.5, 0.6) is 5.75 Å². The van der Waals surface area contributed by atoms with Gasteiger partial charge in [0.15, 0.2) is 0 Å². The van der Waals surface area contributed by atoms with Crippen LogP contribution in [0.1, 0.15) is 69.9 Å². The number of phenols is 1. The third-order valence-electron chi connectivity index (χ3n) is 4.97. The molecule has 0 heterocycles. The molecule has 2 unspecified atom stereocenters. The molecule has 0 fully saturated rings. The lowest BCUT2D eigenvalue weighted by Crippen LogP contribution is -2.42. The smallest absolute Gasteiger partial charge is 0.119 e. The summed E-state index contributed by atoms with van der Waals surface area (Å²) in [5.74, 6) is 1.01. The number of benzene rings is 1. The Morgan fingerprint density at radius 3 is 2.67 bits per heavy atom. The van der Waals surface area contributed by atoms with Gasteiger partial charge in [-0.1, -0.05) is 45.7 Å². The van der Waals surface area contributed by atoms with E-state index in [4.69, 9.17) is 0 Å². The molecule has 1 aliphatic rings. The molecule has 0 aromatic heterocycles. The van der Waals surface area contributed by atoms with Crippen LogP contribution in [0, 0.1) is 0 Å². The minimum Gasteiger partial charge on any atom is -0.508 e. The Hall–Kier alpha value is -1.02. The van der Waals surface area contributed by atoms with Gasteiger partial charge in [0.05, 0.1) is 0 Å². The Morgan fingerprint density at radius 1 is 1.14 bits per heavy atom. The highest BCUT2D eigenvalue weighted by molar-refractivity contribution is 5.43. The van der Waals surface area contributed by atoms with Crippen LogP contribution in [0.25, 0.3) is 0 Å². The average Bonchev–Trinajstić information content (AvgIpc) is 2.48. The van der Waals surface area contributed by atoms with Gasteiger partial charge in [-0.15, -0.1) is 0 Å². The van der Waals surface area contributed by atoms with E-state index in [2.05, 4.69) is 31.7 Å². The van der Waals surface area contributed by atoms with Gasteiger partial charge >= 0.3 is 0 Å². The molecule has 2 rings (SSSR count). The maximum atomic E-state index is 10.1. The van der Waals surface area contributed by atoms with Gasteiger partial charge in [-0.2, -0.15) is 0 Å². The number of hydrogen-bond acceptors (Lipinski definition) is 2. The van der Waals surface area contributed by atoms with Crippen molar-refractivity contribution < 1.29 is 5.11 Å². The summed E-state index contributed by atoms with van der Waals surface area (Å²) in [7, 11) is 0. The van der Waals surface area contributed by atoms with Crippen molar-refractivity contribution in [1.29, 1.82) is 0 Å². The van der Waals surface area contributed by atoms with E-state index in [1.807, 2.05) is 12.1 Å². The fourth-order valence-electron chi connectivity index (χ4n) is 3.83. The fraction of sp³-hybridized carbons (Fsp3) is 0.684. The summed E-state index contributed by atoms with van der Waals surface area (Å²) in [6, 6.07) is 6.67. The van der Waals surface area contributed by atoms with Gasteiger partial charge < -0.3 is 5.11 Å². The van der Waals surface area contributed by atoms with Gasteiger partial charge in [0.2, 0.25) is 0 Å². The van der Waals surface area contributed by atoms with Gasteiger partial charge in [-0.05, 0) is 61.9 Å². The predicted molar refractivity (Wildman–Crippen MR) is 90.0 cm³/mol. The monoisotopic (exact) mass is 289 g/mol. The van der Waals surface area contributed by atoms with Crippen molar-refractivity contribution in [2.24, 2.45) is 0 Å². The van der Waals surface area contributed by atoms with Crippen LogP contribution in [-0.4, -0.2) is 29.1 Å². The molecular formula is C19H31NO. The topological polar surface area (TPSA) is 23.5 Å². The second-order valence-electron chi connectivity index (χ2n) is 6.48. The van der Waals surface area contributed by atoms with Gasteiger partial charge in [0.25, 0.3) is 0 Å². The van der Waals surface area contributed by atoms with Crippen LogP contribution in [0.15, 0.2) is 18.2 Å². The van der Waals surface area contributed by atoms with E-state index in [1.54, 1.807) is 0 Å². The third kappa shape index (κ3) is 3.79. The highest BCUT2D eigenvalue weighted by atomic mass is 16.3. The van der Waals surface area contributed by atoms with Crippen molar-refractivity contribution in [3.63, 3.8) is 0 Å². The molecule has 0 saturated heterocycles. The molecular weight excluding hydrogens is 258 g/mol. The first-order valence-corrected chi connectivity index (χ1v) is 8.73. The van der Waals surface area contributed by atoms with Crippen molar-refractivity contribution >= 4 is 0 Å². The lowest BCUT2D eigenvalue weighted by Gasteiger charge is -2.40. The van der Waals surface area contributed by atoms with Crippen LogP contribution in [0.2, 0.25) is 0 Å². The van der Waals surface area contributed by atoms with E-state index in [9.17, 15) is 5.11 Å². The second-order valence-corrected chi connectivity index (χ2v) is 6.48. The second kappa shape index (κ2) is 7.84. The third-order valence-corrected chi connectivity index (χ3v) is 4.97. The molecule has 0 spiro atoms. The summed E-state index contributed by atoms with van der Waals surface area (Å²) >= 11 is 0. The Kier molecular flexibility index (Phi) is 6.10. The molecule has 0 saturated carbocycles. The van der Waals surface area contributed by atoms with Crippen LogP contribution in [0.4, 0.5) is 0 Å². The molecule has 118 valence electrons. The van der Waals surface area contributed by atoms with Gasteiger partial charge in [0.1, 0.15) is 5.75 Å². The summed E-state index contributed by atoms with van der Waals surface area (Å²) < 4.78 is 0. The molecule has 0 aliphatic heterocycles. The van der Waals surface area contributed by atoms with E-state index in [0.29, 0.717) is 17.7 Å². The molecule has 1 N–H and O–H groups in total. The molecule has 21 heavy (non-hydrogen) atoms. The zero-order valence-corrected chi connectivity index (χ0v) is 13.9. The Bertz CT molecular complexity index is 443. The molecule has 1 aliphatic carbocycles. The minimum atomic E-state index is 0.492. The first kappa shape index (κ1) is 16.4. The van der Waals surface area contributed by atoms with Crippen LogP contribution in [0.3, 0.4) is 0 Å². The lowest BCUT2D eigenvalue weighted by atomic mass is 9.79. The van der Waals surface area contributed by atoms with E-state index < -0.39 is 0 Å². The SMILES string of the molecule is CCCCCN(CCC)C1CCc2c(O)cccc2C1C. The maximum Gasteiger partial charge on any atom is 0.119 e. The number of aromatic hydroxyl groups is 1. The Labute approximate surface area is 130 Å². The van der Waals surface area contributed by atoms with E-state index in [-0.39, 0.29) is 0 Å². The molecule has 2 nitrogen and oxygen atoms in total. The van der Waals surface area contributed by atoms with E-state index in [1.165, 1.54) is 56.3 Å². The summed E-state index contributed by atoms with van der Waals surface area (Å²) in [6.45, 7) is 9.31. The maximum absolute atomic E-state index is 10.1. The zero-order valence-electron chi connectivity index (χ0n) is 13.9. The first-order chi connectivity index (χ1) is 10.2. The van der Waals surface area contributed by atoms with Gasteiger partial charge in [0, 0.05) is 6.04 Å². The normalized spacial score (nSPS) is 21.5. The number of fused-ring (bicyclic) bond motifs is 1. The van der Waals surface area contributed by atoms with Crippen molar-refractivity contribution in [3.8, 4) is 5.75 Å². The molecule has 0 bridgehead atoms. The van der Waals surface area contributed by atoms with E-state index in [0.717, 1.165) is 6.42 Å². The fourth-order valence-corrected chi connectivity index (χ4v) is 3.83. The number of nitrogens with zero attached hydrogens (tertiary/aromatic N) is 1.